The molecule has 564 valence electrons. The monoisotopic (exact) mass is 1470 g/mol. The van der Waals surface area contributed by atoms with Crippen LogP contribution >= 0.6 is 0 Å². The van der Waals surface area contributed by atoms with Crippen LogP contribution in [-0.4, -0.2) is 174 Å². The summed E-state index contributed by atoms with van der Waals surface area (Å²) in [5, 5.41) is 37.1. The highest BCUT2D eigenvalue weighted by Crippen LogP contribution is 2.27. The van der Waals surface area contributed by atoms with E-state index in [1.165, 1.54) is 119 Å². The normalized spacial score (nSPS) is 15.5. The summed E-state index contributed by atoms with van der Waals surface area (Å²) >= 11 is 0. The van der Waals surface area contributed by atoms with Gasteiger partial charge in [-0.1, -0.05) is 94.6 Å². The van der Waals surface area contributed by atoms with Gasteiger partial charge in [-0.25, -0.2) is 15.0 Å². The topological polar surface area (TPSA) is 270 Å². The molecule has 0 bridgehead atoms. The van der Waals surface area contributed by atoms with Crippen LogP contribution in [0.1, 0.15) is 143 Å². The van der Waals surface area contributed by atoms with Crippen molar-refractivity contribution in [3.05, 3.63) is 196 Å². The maximum absolute atomic E-state index is 13.4. The second-order valence-corrected chi connectivity index (χ2v) is 28.5. The van der Waals surface area contributed by atoms with Crippen molar-refractivity contribution < 1.29 is 55.4 Å². The van der Waals surface area contributed by atoms with Crippen LogP contribution in [0.4, 0.5) is 13.2 Å². The summed E-state index contributed by atoms with van der Waals surface area (Å²) in [6.07, 6.45) is 14.6. The number of hydrogen-bond donors (Lipinski definition) is 3. The number of nitrogens with zero attached hydrogens (tertiary/aromatic N) is 9. The first-order valence-electron chi connectivity index (χ1n) is 36.5. The Bertz CT molecular complexity index is 4050. The molecule has 3 fully saturated rings. The maximum atomic E-state index is 13.4. The summed E-state index contributed by atoms with van der Waals surface area (Å²) in [6.45, 7) is 19.1. The molecule has 0 saturated carbocycles. The van der Waals surface area contributed by atoms with Crippen LogP contribution in [0.2, 0.25) is 0 Å². The van der Waals surface area contributed by atoms with E-state index in [9.17, 15) is 47.5 Å². The average Bonchev–Trinajstić information content (AvgIpc) is 1.12. The third kappa shape index (κ3) is 30.4. The van der Waals surface area contributed by atoms with E-state index >= 15 is 0 Å². The van der Waals surface area contributed by atoms with Crippen molar-refractivity contribution >= 4 is 51.3 Å². The lowest BCUT2D eigenvalue weighted by Gasteiger charge is -2.28. The quantitative estimate of drug-likeness (QED) is 0.0107. The number of ether oxygens (including phenoxy) is 5. The molecule has 3 aliphatic rings. The van der Waals surface area contributed by atoms with E-state index in [0.29, 0.717) is 69.7 Å². The van der Waals surface area contributed by atoms with Gasteiger partial charge in [0, 0.05) is 44.2 Å². The van der Waals surface area contributed by atoms with Crippen LogP contribution in [0.3, 0.4) is 0 Å². The molecule has 0 spiro atoms. The molecule has 3 unspecified atom stereocenters. The molecule has 0 aliphatic carbocycles. The van der Waals surface area contributed by atoms with Gasteiger partial charge in [-0.3, -0.25) is 23.5 Å². The predicted octanol–water partition coefficient (Wildman–Crippen LogP) is 12.1. The van der Waals surface area contributed by atoms with Crippen LogP contribution in [0.5, 0.6) is 17.2 Å². The highest BCUT2D eigenvalue weighted by atomic mass is 32.2. The van der Waals surface area contributed by atoms with Crippen molar-refractivity contribution in [2.24, 2.45) is 0 Å². The second kappa shape index (κ2) is 46.2. The first-order chi connectivity index (χ1) is 51.5. The molecule has 3 aromatic carbocycles. The SMILES string of the molecule is C=S1(=O)CCN(CCOCCOc2ccc(C(CCC)NC(=O)/C(C#N)=C/c3cccc(F)n3)cc2)CC1.CCCC(NC(=O)/C(C#N)=C/c1cccc(F)n1)c1ccc(OCCCN2CCCC2)cc1.CCCC(NC(=O)/C(C#N)=C/c1cccc(F)n1)c1ccc(OCCOCCN2CCCC2)cc1. The Morgan fingerprint density at radius 1 is 0.462 bits per heavy atom. The number of amides is 3. The summed E-state index contributed by atoms with van der Waals surface area (Å²) in [5.74, 6) is 3.72. The molecule has 3 aliphatic heterocycles. The molecule has 3 atom stereocenters. The molecule has 25 heteroatoms. The number of carbonyl (C=O) groups excluding carboxylic acids is 3. The fraction of sp³-hybridized carbons (Fsp3) is 0.432. The molecular weight excluding hydrogens is 1370 g/mol. The Balaban J connectivity index is 0.000000222. The van der Waals surface area contributed by atoms with Gasteiger partial charge in [0.05, 0.1) is 68.2 Å². The Morgan fingerprint density at radius 2 is 0.774 bits per heavy atom. The smallest absolute Gasteiger partial charge is 0.262 e. The van der Waals surface area contributed by atoms with Gasteiger partial charge in [0.2, 0.25) is 17.8 Å². The number of carbonyl (C=O) groups is 3. The van der Waals surface area contributed by atoms with Crippen molar-refractivity contribution in [1.29, 1.82) is 15.8 Å². The number of nitriles is 3. The third-order valence-corrected chi connectivity index (χ3v) is 19.5. The minimum Gasteiger partial charge on any atom is -0.494 e. The fourth-order valence-electron chi connectivity index (χ4n) is 11.9. The van der Waals surface area contributed by atoms with Crippen LogP contribution < -0.4 is 30.2 Å². The Hall–Kier alpha value is -9.78. The van der Waals surface area contributed by atoms with Gasteiger partial charge in [-0.2, -0.15) is 29.0 Å². The second-order valence-electron chi connectivity index (χ2n) is 25.8. The van der Waals surface area contributed by atoms with Crippen molar-refractivity contribution in [2.75, 3.05) is 117 Å². The van der Waals surface area contributed by atoms with E-state index in [4.69, 9.17) is 23.7 Å². The lowest BCUT2D eigenvalue weighted by Crippen LogP contribution is -2.41. The summed E-state index contributed by atoms with van der Waals surface area (Å²) < 4.78 is 80.7. The van der Waals surface area contributed by atoms with Crippen LogP contribution in [0.25, 0.3) is 18.2 Å². The van der Waals surface area contributed by atoms with Crippen molar-refractivity contribution in [3.63, 3.8) is 0 Å². The van der Waals surface area contributed by atoms with Gasteiger partial charge in [-0.15, -0.1) is 0 Å². The predicted molar refractivity (Wildman–Crippen MR) is 406 cm³/mol. The number of rotatable bonds is 37. The van der Waals surface area contributed by atoms with Crippen LogP contribution in [0, 0.1) is 51.8 Å². The van der Waals surface area contributed by atoms with E-state index in [-0.39, 0.29) is 51.9 Å². The van der Waals surface area contributed by atoms with Crippen molar-refractivity contribution in [3.8, 4) is 35.5 Å². The molecule has 106 heavy (non-hydrogen) atoms. The Kier molecular flexibility index (Phi) is 36.4. The number of halogens is 3. The molecule has 3 amide bonds. The summed E-state index contributed by atoms with van der Waals surface area (Å²) in [4.78, 5) is 56.4. The summed E-state index contributed by atoms with van der Waals surface area (Å²) in [6, 6.07) is 40.2. The van der Waals surface area contributed by atoms with Gasteiger partial charge in [0.1, 0.15) is 65.4 Å². The zero-order valence-corrected chi connectivity index (χ0v) is 61.9. The van der Waals surface area contributed by atoms with Crippen LogP contribution in [-0.2, 0) is 33.4 Å². The Morgan fingerprint density at radius 3 is 1.08 bits per heavy atom. The van der Waals surface area contributed by atoms with Crippen molar-refractivity contribution in [1.82, 2.24) is 45.6 Å². The third-order valence-electron chi connectivity index (χ3n) is 17.6. The molecule has 0 radical (unpaired) electrons. The molecule has 6 heterocycles. The number of aromatic nitrogens is 3. The molecule has 21 nitrogen and oxygen atoms in total. The lowest BCUT2D eigenvalue weighted by atomic mass is 10.0. The number of benzene rings is 3. The first-order valence-corrected chi connectivity index (χ1v) is 38.5. The van der Waals surface area contributed by atoms with Crippen molar-refractivity contribution in [2.45, 2.75) is 110 Å². The van der Waals surface area contributed by atoms with Gasteiger partial charge in [0.25, 0.3) is 17.7 Å². The van der Waals surface area contributed by atoms with E-state index in [1.807, 2.05) is 112 Å². The molecule has 3 aromatic heterocycles. The number of nitrogens with one attached hydrogen (secondary N) is 3. The van der Waals surface area contributed by atoms with Gasteiger partial charge < -0.3 is 49.4 Å². The minimum atomic E-state index is -1.87. The zero-order valence-electron chi connectivity index (χ0n) is 61.0. The molecular formula is C81H99F3N12O9S. The van der Waals surface area contributed by atoms with E-state index in [0.717, 1.165) is 99.6 Å². The standard InChI is InChI=1S/C28H35FN4O4S.C27H33FN4O3.C26H31FN4O2/c1-3-5-26(32-28(34)23(21-30)20-24-6-4-7-27(29)31-24)22-8-10-25(11-9-22)37-17-16-36-15-12-33-13-18-38(2,35)19-14-33;1-2-6-25(31-27(33)22(20-29)19-23-7-5-8-26(28)30-23)21-9-11-24(12-10-21)35-18-17-34-16-15-32-13-3-4-14-32;1-2-7-24(30-26(32)21(19-28)18-22-8-5-9-25(27)29-22)20-10-12-23(13-11-20)33-17-6-16-31-14-3-4-15-31/h4,6-11,20,26H,2-3,5,12-19H2,1H3,(H,32,34);5,7-12,19,25H,2-4,6,13-18H2,1H3,(H,31,33);5,8-13,18,24H,2-4,6-7,14-17H2,1H3,(H,30,32)/b23-20+;22-19+;21-18+. The largest absolute Gasteiger partial charge is 0.494 e. The zero-order chi connectivity index (χ0) is 75.7. The maximum Gasteiger partial charge on any atom is 0.262 e. The lowest BCUT2D eigenvalue weighted by molar-refractivity contribution is -0.118. The highest BCUT2D eigenvalue weighted by Gasteiger charge is 2.23. The van der Waals surface area contributed by atoms with Gasteiger partial charge in [-0.05, 0) is 201 Å². The number of hydrogen-bond acceptors (Lipinski definition) is 18. The summed E-state index contributed by atoms with van der Waals surface area (Å²) in [5.41, 5.74) is 2.98. The molecule has 3 saturated heterocycles. The van der Waals surface area contributed by atoms with E-state index in [2.05, 4.69) is 51.5 Å². The minimum absolute atomic E-state index is 0.118. The number of likely N-dealkylation sites (tertiary alicyclic amines) is 2. The van der Waals surface area contributed by atoms with E-state index in [1.54, 1.807) is 6.07 Å². The first kappa shape index (κ1) is 83.5. The van der Waals surface area contributed by atoms with Gasteiger partial charge in [0.15, 0.2) is 0 Å². The Labute approximate surface area is 622 Å². The van der Waals surface area contributed by atoms with Crippen LogP contribution in [0.15, 0.2) is 144 Å². The highest BCUT2D eigenvalue weighted by molar-refractivity contribution is 8.00. The van der Waals surface area contributed by atoms with E-state index < -0.39 is 45.1 Å². The fourth-order valence-corrected chi connectivity index (χ4v) is 13.3. The molecule has 9 rings (SSSR count). The number of pyridine rings is 3. The molecule has 6 aromatic rings. The summed E-state index contributed by atoms with van der Waals surface area (Å²) in [7, 11) is -1.87. The average molecular weight is 1470 g/mol. The molecule has 3 N–H and O–H groups in total. The van der Waals surface area contributed by atoms with Gasteiger partial charge >= 0.3 is 0 Å².